The zero-order valence-corrected chi connectivity index (χ0v) is 22.2. The Balaban J connectivity index is 1.32. The molecule has 1 atom stereocenters. The molecule has 0 aliphatic heterocycles. The topological polar surface area (TPSA) is 121 Å². The van der Waals surface area contributed by atoms with Crippen LogP contribution in [0.15, 0.2) is 107 Å². The van der Waals surface area contributed by atoms with E-state index in [0.29, 0.717) is 16.3 Å². The Morgan fingerprint density at radius 1 is 0.878 bits per heavy atom. The van der Waals surface area contributed by atoms with Gasteiger partial charge < -0.3 is 9.88 Å². The summed E-state index contributed by atoms with van der Waals surface area (Å²) < 4.78 is 2.26. The molecular formula is C32H26N6O3. The van der Waals surface area contributed by atoms with Crippen molar-refractivity contribution < 1.29 is 9.59 Å². The molecule has 0 bridgehead atoms. The highest BCUT2D eigenvalue weighted by molar-refractivity contribution is 6.09. The molecule has 0 radical (unpaired) electrons. The minimum absolute atomic E-state index is 0.200. The third-order valence-electron chi connectivity index (χ3n) is 7.07. The number of benzene rings is 4. The van der Waals surface area contributed by atoms with Gasteiger partial charge in [-0.2, -0.15) is 10.2 Å². The lowest BCUT2D eigenvalue weighted by Gasteiger charge is -2.18. The predicted octanol–water partition coefficient (Wildman–Crippen LogP) is 4.67. The number of aromatic nitrogens is 3. The molecule has 0 fully saturated rings. The zero-order valence-electron chi connectivity index (χ0n) is 22.2. The summed E-state index contributed by atoms with van der Waals surface area (Å²) in [5, 5.41) is 16.6. The van der Waals surface area contributed by atoms with Crippen LogP contribution in [0.25, 0.3) is 32.6 Å². The van der Waals surface area contributed by atoms with Gasteiger partial charge in [-0.25, -0.2) is 10.5 Å². The summed E-state index contributed by atoms with van der Waals surface area (Å²) >= 11 is 0. The lowest BCUT2D eigenvalue weighted by molar-refractivity contribution is -0.123. The Morgan fingerprint density at radius 2 is 1.56 bits per heavy atom. The summed E-state index contributed by atoms with van der Waals surface area (Å²) in [6, 6.07) is 28.4. The second kappa shape index (κ2) is 10.9. The van der Waals surface area contributed by atoms with E-state index in [4.69, 9.17) is 0 Å². The highest BCUT2D eigenvalue weighted by Gasteiger charge is 2.27. The monoisotopic (exact) mass is 542 g/mol. The Hall–Kier alpha value is -5.57. The molecular weight excluding hydrogens is 516 g/mol. The standard InChI is InChI=1S/C32H26N6O3/c1-2-38-26-15-9-8-12-22(26)25-18-20(16-17-27(25)38)19-33-36-32(41)29(34-30(39)21-10-4-3-5-11-21)28-23-13-6-7-14-24(23)31(40)37-35-28/h3-19,29H,2H2,1H3,(H,34,39)(H,36,41)(H,37,40)/b33-19+. The van der Waals surface area contributed by atoms with Crippen molar-refractivity contribution in [2.45, 2.75) is 19.5 Å². The van der Waals surface area contributed by atoms with Crippen molar-refractivity contribution in [3.8, 4) is 0 Å². The minimum atomic E-state index is -1.23. The number of H-pyrrole nitrogens is 1. The number of carbonyl (C=O) groups is 2. The molecule has 2 amide bonds. The molecule has 2 heterocycles. The van der Waals surface area contributed by atoms with Crippen LogP contribution in [0.3, 0.4) is 0 Å². The Morgan fingerprint density at radius 3 is 2.34 bits per heavy atom. The number of aromatic amines is 1. The molecule has 0 aliphatic carbocycles. The fourth-order valence-electron chi connectivity index (χ4n) is 5.15. The molecule has 6 rings (SSSR count). The van der Waals surface area contributed by atoms with Gasteiger partial charge in [0, 0.05) is 39.3 Å². The second-order valence-corrected chi connectivity index (χ2v) is 9.53. The van der Waals surface area contributed by atoms with E-state index in [2.05, 4.69) is 49.7 Å². The van der Waals surface area contributed by atoms with Crippen molar-refractivity contribution in [1.82, 2.24) is 25.5 Å². The van der Waals surface area contributed by atoms with E-state index in [1.807, 2.05) is 30.3 Å². The molecule has 0 aliphatic rings. The van der Waals surface area contributed by atoms with Crippen molar-refractivity contribution in [3.63, 3.8) is 0 Å². The van der Waals surface area contributed by atoms with Gasteiger partial charge in [-0.05, 0) is 48.9 Å². The summed E-state index contributed by atoms with van der Waals surface area (Å²) in [7, 11) is 0. The number of nitrogens with zero attached hydrogens (tertiary/aromatic N) is 3. The van der Waals surface area contributed by atoms with Gasteiger partial charge >= 0.3 is 0 Å². The van der Waals surface area contributed by atoms with Crippen molar-refractivity contribution >= 4 is 50.6 Å². The largest absolute Gasteiger partial charge is 0.341 e. The maximum absolute atomic E-state index is 13.5. The van der Waals surface area contributed by atoms with E-state index in [1.54, 1.807) is 60.8 Å². The molecule has 1 unspecified atom stereocenters. The van der Waals surface area contributed by atoms with E-state index in [0.717, 1.165) is 33.9 Å². The Bertz CT molecular complexity index is 2010. The van der Waals surface area contributed by atoms with Crippen LogP contribution in [-0.4, -0.2) is 32.8 Å². The van der Waals surface area contributed by atoms with E-state index in [9.17, 15) is 14.4 Å². The lowest BCUT2D eigenvalue weighted by Crippen LogP contribution is -2.40. The van der Waals surface area contributed by atoms with E-state index in [-0.39, 0.29) is 5.69 Å². The van der Waals surface area contributed by atoms with E-state index >= 15 is 0 Å². The van der Waals surface area contributed by atoms with Gasteiger partial charge in [0.15, 0.2) is 6.04 Å². The molecule has 0 saturated carbocycles. The normalized spacial score (nSPS) is 12.2. The van der Waals surface area contributed by atoms with Crippen LogP contribution in [-0.2, 0) is 11.3 Å². The van der Waals surface area contributed by atoms with Crippen LogP contribution in [0.4, 0.5) is 0 Å². The van der Waals surface area contributed by atoms with Crippen LogP contribution < -0.4 is 16.3 Å². The number of nitrogens with one attached hydrogen (secondary N) is 3. The number of para-hydroxylation sites is 1. The van der Waals surface area contributed by atoms with Crippen LogP contribution in [0.1, 0.15) is 34.6 Å². The fourth-order valence-corrected chi connectivity index (χ4v) is 5.15. The predicted molar refractivity (Wildman–Crippen MR) is 160 cm³/mol. The maximum Gasteiger partial charge on any atom is 0.272 e. The summed E-state index contributed by atoms with van der Waals surface area (Å²) in [6.07, 6.45) is 1.56. The first-order chi connectivity index (χ1) is 20.0. The molecule has 0 spiro atoms. The number of hydrogen-bond acceptors (Lipinski definition) is 5. The van der Waals surface area contributed by atoms with Gasteiger partial charge in [-0.3, -0.25) is 14.4 Å². The van der Waals surface area contributed by atoms with Crippen molar-refractivity contribution in [2.24, 2.45) is 5.10 Å². The third-order valence-corrected chi connectivity index (χ3v) is 7.07. The molecule has 9 nitrogen and oxygen atoms in total. The zero-order chi connectivity index (χ0) is 28.3. The third kappa shape index (κ3) is 4.85. The van der Waals surface area contributed by atoms with Crippen molar-refractivity contribution in [2.75, 3.05) is 0 Å². The SMILES string of the molecule is CCn1c2ccccc2c2cc(/C=N/NC(=O)C(NC(=O)c3ccccc3)c3n[nH]c(=O)c4ccccc34)ccc21. The Kier molecular flexibility index (Phi) is 6.83. The number of hydrogen-bond donors (Lipinski definition) is 3. The first-order valence-corrected chi connectivity index (χ1v) is 13.2. The van der Waals surface area contributed by atoms with Crippen LogP contribution in [0.5, 0.6) is 0 Å². The van der Waals surface area contributed by atoms with Crippen LogP contribution in [0, 0.1) is 0 Å². The van der Waals surface area contributed by atoms with Gasteiger partial charge in [0.05, 0.1) is 11.6 Å². The number of aryl methyl sites for hydroxylation is 1. The number of hydrazone groups is 1. The lowest BCUT2D eigenvalue weighted by atomic mass is 10.0. The van der Waals surface area contributed by atoms with Gasteiger partial charge in [-0.15, -0.1) is 0 Å². The number of carbonyl (C=O) groups excluding carboxylic acids is 2. The molecule has 2 aromatic heterocycles. The number of fused-ring (bicyclic) bond motifs is 4. The quantitative estimate of drug-likeness (QED) is 0.200. The smallest absolute Gasteiger partial charge is 0.272 e. The molecule has 4 aromatic carbocycles. The molecule has 202 valence electrons. The average Bonchev–Trinajstić information content (AvgIpc) is 3.33. The highest BCUT2D eigenvalue weighted by Crippen LogP contribution is 2.29. The van der Waals surface area contributed by atoms with Crippen molar-refractivity contribution in [1.29, 1.82) is 0 Å². The molecule has 9 heteroatoms. The van der Waals surface area contributed by atoms with Crippen LogP contribution >= 0.6 is 0 Å². The Labute approximate surface area is 234 Å². The van der Waals surface area contributed by atoms with Gasteiger partial charge in [0.25, 0.3) is 17.4 Å². The summed E-state index contributed by atoms with van der Waals surface area (Å²) in [6.45, 7) is 2.96. The minimum Gasteiger partial charge on any atom is -0.341 e. The number of amides is 2. The average molecular weight is 543 g/mol. The number of rotatable bonds is 7. The molecule has 3 N–H and O–H groups in total. The summed E-state index contributed by atoms with van der Waals surface area (Å²) in [5.74, 6) is -1.08. The van der Waals surface area contributed by atoms with Gasteiger partial charge in [0.1, 0.15) is 5.69 Å². The first kappa shape index (κ1) is 25.7. The van der Waals surface area contributed by atoms with Crippen molar-refractivity contribution in [3.05, 3.63) is 124 Å². The molecule has 6 aromatic rings. The first-order valence-electron chi connectivity index (χ1n) is 13.2. The second-order valence-electron chi connectivity index (χ2n) is 9.53. The molecule has 0 saturated heterocycles. The fraction of sp³-hybridized carbons (Fsp3) is 0.0938. The van der Waals surface area contributed by atoms with Gasteiger partial charge in [0.2, 0.25) is 0 Å². The summed E-state index contributed by atoms with van der Waals surface area (Å²) in [5.41, 5.74) is 5.81. The maximum atomic E-state index is 13.5. The van der Waals surface area contributed by atoms with E-state index in [1.165, 1.54) is 0 Å². The van der Waals surface area contributed by atoms with Gasteiger partial charge in [-0.1, -0.05) is 60.7 Å². The molecule has 41 heavy (non-hydrogen) atoms. The summed E-state index contributed by atoms with van der Waals surface area (Å²) in [4.78, 5) is 38.9. The van der Waals surface area contributed by atoms with Crippen LogP contribution in [0.2, 0.25) is 0 Å². The van der Waals surface area contributed by atoms with E-state index < -0.39 is 23.4 Å². The highest BCUT2D eigenvalue weighted by atomic mass is 16.2.